The van der Waals surface area contributed by atoms with Gasteiger partial charge in [-0.15, -0.1) is 0 Å². The van der Waals surface area contributed by atoms with E-state index in [0.29, 0.717) is 0 Å². The van der Waals surface area contributed by atoms with E-state index < -0.39 is 27.5 Å². The monoisotopic (exact) mass is 307 g/mol. The highest BCUT2D eigenvalue weighted by Gasteiger charge is 2.18. The van der Waals surface area contributed by atoms with Gasteiger partial charge in [0.25, 0.3) is 0 Å². The third-order valence-electron chi connectivity index (χ3n) is 2.61. The van der Waals surface area contributed by atoms with Crippen molar-refractivity contribution in [1.29, 1.82) is 0 Å². The highest BCUT2D eigenvalue weighted by molar-refractivity contribution is 7.90. The maximum atomic E-state index is 13.6. The standard InChI is InChI=1S/C12H15ClFNO3S/c1-19(17,18)6-5-10(15)11(16)7-8-3-2-4-9(13)12(8)14/h2-4,10H,5-7,15H2,1H3. The first kappa shape index (κ1) is 16.1. The molecule has 1 unspecified atom stereocenters. The highest BCUT2D eigenvalue weighted by Crippen LogP contribution is 2.18. The SMILES string of the molecule is CS(=O)(=O)CCC(N)C(=O)Cc1cccc(Cl)c1F. The van der Waals surface area contributed by atoms with Crippen molar-refractivity contribution in [2.24, 2.45) is 5.73 Å². The van der Waals surface area contributed by atoms with Gasteiger partial charge >= 0.3 is 0 Å². The quantitative estimate of drug-likeness (QED) is 0.860. The van der Waals surface area contributed by atoms with E-state index in [1.165, 1.54) is 18.2 Å². The van der Waals surface area contributed by atoms with Gasteiger partial charge in [0.05, 0.1) is 16.8 Å². The molecule has 1 aromatic carbocycles. The van der Waals surface area contributed by atoms with Crippen molar-refractivity contribution in [2.75, 3.05) is 12.0 Å². The number of ketones is 1. The first-order valence-corrected chi connectivity index (χ1v) is 8.03. The molecule has 0 saturated carbocycles. The molecular formula is C12H15ClFNO3S. The third-order valence-corrected chi connectivity index (χ3v) is 3.88. The Balaban J connectivity index is 2.67. The summed E-state index contributed by atoms with van der Waals surface area (Å²) < 4.78 is 35.5. The van der Waals surface area contributed by atoms with Gasteiger partial charge in [-0.1, -0.05) is 23.7 Å². The zero-order valence-electron chi connectivity index (χ0n) is 10.4. The van der Waals surface area contributed by atoms with Crippen LogP contribution in [0.15, 0.2) is 18.2 Å². The first-order chi connectivity index (χ1) is 8.70. The topological polar surface area (TPSA) is 77.2 Å². The largest absolute Gasteiger partial charge is 0.321 e. The van der Waals surface area contributed by atoms with Gasteiger partial charge < -0.3 is 5.73 Å². The Kier molecular flexibility index (Phi) is 5.46. The highest BCUT2D eigenvalue weighted by atomic mass is 35.5. The molecule has 0 aromatic heterocycles. The lowest BCUT2D eigenvalue weighted by molar-refractivity contribution is -0.119. The summed E-state index contributed by atoms with van der Waals surface area (Å²) in [4.78, 5) is 11.8. The Labute approximate surface area is 116 Å². The number of Topliss-reactive ketones (excluding diaryl/α,β-unsaturated/α-hetero) is 1. The van der Waals surface area contributed by atoms with E-state index in [0.717, 1.165) is 6.26 Å². The maximum Gasteiger partial charge on any atom is 0.154 e. The van der Waals surface area contributed by atoms with Gasteiger partial charge in [0.15, 0.2) is 5.78 Å². The number of sulfone groups is 1. The van der Waals surface area contributed by atoms with Crippen LogP contribution < -0.4 is 5.73 Å². The zero-order valence-corrected chi connectivity index (χ0v) is 12.0. The summed E-state index contributed by atoms with van der Waals surface area (Å²) in [5, 5.41) is -0.0602. The Morgan fingerprint density at radius 1 is 1.47 bits per heavy atom. The van der Waals surface area contributed by atoms with Crippen molar-refractivity contribution in [3.05, 3.63) is 34.6 Å². The Bertz CT molecular complexity index is 574. The lowest BCUT2D eigenvalue weighted by Crippen LogP contribution is -2.33. The summed E-state index contributed by atoms with van der Waals surface area (Å²) in [6.45, 7) is 0. The second-order valence-corrected chi connectivity index (χ2v) is 7.05. The third kappa shape index (κ3) is 5.26. The van der Waals surface area contributed by atoms with Gasteiger partial charge in [-0.05, 0) is 18.1 Å². The Morgan fingerprint density at radius 2 is 2.11 bits per heavy atom. The van der Waals surface area contributed by atoms with E-state index in [4.69, 9.17) is 17.3 Å². The lowest BCUT2D eigenvalue weighted by atomic mass is 10.0. The van der Waals surface area contributed by atoms with E-state index >= 15 is 0 Å². The van der Waals surface area contributed by atoms with Crippen LogP contribution in [-0.2, 0) is 21.1 Å². The van der Waals surface area contributed by atoms with Gasteiger partial charge in [-0.3, -0.25) is 4.79 Å². The molecule has 1 aromatic rings. The van der Waals surface area contributed by atoms with Gasteiger partial charge in [0, 0.05) is 12.7 Å². The van der Waals surface area contributed by atoms with Gasteiger partial charge in [0.2, 0.25) is 0 Å². The van der Waals surface area contributed by atoms with Crippen molar-refractivity contribution in [3.63, 3.8) is 0 Å². The molecule has 0 aliphatic rings. The fraction of sp³-hybridized carbons (Fsp3) is 0.417. The van der Waals surface area contributed by atoms with Crippen LogP contribution in [0.2, 0.25) is 5.02 Å². The number of carbonyl (C=O) groups is 1. The van der Waals surface area contributed by atoms with E-state index in [9.17, 15) is 17.6 Å². The normalized spacial score (nSPS) is 13.3. The molecule has 0 amide bonds. The average Bonchev–Trinajstić information content (AvgIpc) is 2.31. The van der Waals surface area contributed by atoms with Crippen molar-refractivity contribution < 1.29 is 17.6 Å². The molecule has 0 bridgehead atoms. The van der Waals surface area contributed by atoms with E-state index in [2.05, 4.69) is 0 Å². The molecule has 1 rings (SSSR count). The molecule has 0 saturated heterocycles. The average molecular weight is 308 g/mol. The summed E-state index contributed by atoms with van der Waals surface area (Å²) in [6, 6.07) is 3.44. The fourth-order valence-electron chi connectivity index (χ4n) is 1.51. The minimum Gasteiger partial charge on any atom is -0.321 e. The lowest BCUT2D eigenvalue weighted by Gasteiger charge is -2.10. The van der Waals surface area contributed by atoms with Gasteiger partial charge in [0.1, 0.15) is 15.7 Å². The number of hydrogen-bond donors (Lipinski definition) is 1. The van der Waals surface area contributed by atoms with Crippen LogP contribution in [0.3, 0.4) is 0 Å². The number of carbonyl (C=O) groups excluding carboxylic acids is 1. The zero-order chi connectivity index (χ0) is 14.6. The summed E-state index contributed by atoms with van der Waals surface area (Å²) >= 11 is 5.60. The van der Waals surface area contributed by atoms with Gasteiger partial charge in [-0.25, -0.2) is 12.8 Å². The molecule has 0 radical (unpaired) electrons. The van der Waals surface area contributed by atoms with Crippen LogP contribution in [0.4, 0.5) is 4.39 Å². The molecule has 0 fully saturated rings. The van der Waals surface area contributed by atoms with Crippen LogP contribution in [0.5, 0.6) is 0 Å². The Hall–Kier alpha value is -0.980. The second-order valence-electron chi connectivity index (χ2n) is 4.38. The molecule has 0 aliphatic carbocycles. The minimum atomic E-state index is -3.17. The van der Waals surface area contributed by atoms with E-state index in [1.54, 1.807) is 0 Å². The second kappa shape index (κ2) is 6.45. The van der Waals surface area contributed by atoms with E-state index in [-0.39, 0.29) is 29.2 Å². The molecule has 0 heterocycles. The molecule has 2 N–H and O–H groups in total. The van der Waals surface area contributed by atoms with Gasteiger partial charge in [-0.2, -0.15) is 0 Å². The minimum absolute atomic E-state index is 0.0276. The number of rotatable bonds is 6. The van der Waals surface area contributed by atoms with Crippen molar-refractivity contribution in [1.82, 2.24) is 0 Å². The number of hydrogen-bond acceptors (Lipinski definition) is 4. The van der Waals surface area contributed by atoms with Crippen LogP contribution in [0.1, 0.15) is 12.0 Å². The van der Waals surface area contributed by atoms with Crippen LogP contribution in [0.25, 0.3) is 0 Å². The molecule has 1 atom stereocenters. The van der Waals surface area contributed by atoms with Crippen molar-refractivity contribution >= 4 is 27.2 Å². The van der Waals surface area contributed by atoms with E-state index in [1.807, 2.05) is 0 Å². The number of nitrogens with two attached hydrogens (primary N) is 1. The smallest absolute Gasteiger partial charge is 0.154 e. The molecule has 7 heteroatoms. The van der Waals surface area contributed by atoms with Crippen LogP contribution in [0, 0.1) is 5.82 Å². The maximum absolute atomic E-state index is 13.6. The van der Waals surface area contributed by atoms with Crippen LogP contribution in [-0.4, -0.2) is 32.3 Å². The molecule has 19 heavy (non-hydrogen) atoms. The molecule has 106 valence electrons. The first-order valence-electron chi connectivity index (χ1n) is 5.59. The van der Waals surface area contributed by atoms with Crippen molar-refractivity contribution in [2.45, 2.75) is 18.9 Å². The molecule has 0 spiro atoms. The fourth-order valence-corrected chi connectivity index (χ4v) is 2.38. The summed E-state index contributed by atoms with van der Waals surface area (Å²) in [6.07, 6.45) is 0.901. The molecule has 4 nitrogen and oxygen atoms in total. The van der Waals surface area contributed by atoms with Crippen LogP contribution >= 0.6 is 11.6 Å². The Morgan fingerprint density at radius 3 is 2.68 bits per heavy atom. The summed E-state index contributed by atoms with van der Waals surface area (Å²) in [5.41, 5.74) is 5.75. The predicted octanol–water partition coefficient (Wildman–Crippen LogP) is 1.35. The van der Waals surface area contributed by atoms with Crippen molar-refractivity contribution in [3.8, 4) is 0 Å². The predicted molar refractivity (Wildman–Crippen MR) is 72.4 cm³/mol. The summed E-state index contributed by atoms with van der Waals surface area (Å²) in [7, 11) is -3.17. The number of halogens is 2. The molecule has 0 aliphatic heterocycles. The number of benzene rings is 1. The summed E-state index contributed by atoms with van der Waals surface area (Å²) in [5.74, 6) is -1.23. The molecular weight excluding hydrogens is 293 g/mol.